The van der Waals surface area contributed by atoms with Crippen molar-refractivity contribution in [1.82, 2.24) is 14.7 Å². The summed E-state index contributed by atoms with van der Waals surface area (Å²) in [4.78, 5) is 16.5. The Morgan fingerprint density at radius 3 is 2.44 bits per heavy atom. The van der Waals surface area contributed by atoms with E-state index in [2.05, 4.69) is 52.3 Å². The van der Waals surface area contributed by atoms with Gasteiger partial charge < -0.3 is 10.2 Å². The minimum atomic E-state index is -0.0905. The van der Waals surface area contributed by atoms with Crippen LogP contribution in [0.3, 0.4) is 0 Å². The highest BCUT2D eigenvalue weighted by atomic mass is 16.1. The molecular formula is C19H27N5O. The first kappa shape index (κ1) is 17.5. The smallest absolute Gasteiger partial charge is 0.268 e. The van der Waals surface area contributed by atoms with E-state index in [1.54, 1.807) is 19.3 Å². The van der Waals surface area contributed by atoms with Gasteiger partial charge in [0.15, 0.2) is 0 Å². The molecule has 1 aromatic heterocycles. The van der Waals surface area contributed by atoms with E-state index < -0.39 is 0 Å². The second-order valence-corrected chi connectivity index (χ2v) is 6.70. The maximum absolute atomic E-state index is 11.6. The summed E-state index contributed by atoms with van der Waals surface area (Å²) in [6.45, 7) is 10.4. The second kappa shape index (κ2) is 7.70. The Balaban J connectivity index is 1.48. The molecule has 1 N–H and O–H groups in total. The average molecular weight is 341 g/mol. The highest BCUT2D eigenvalue weighted by Crippen LogP contribution is 2.25. The first-order valence-electron chi connectivity index (χ1n) is 8.85. The van der Waals surface area contributed by atoms with Crippen molar-refractivity contribution in [2.75, 3.05) is 49.5 Å². The highest BCUT2D eigenvalue weighted by Gasteiger charge is 2.19. The van der Waals surface area contributed by atoms with E-state index in [9.17, 15) is 4.79 Å². The van der Waals surface area contributed by atoms with E-state index in [4.69, 9.17) is 0 Å². The van der Waals surface area contributed by atoms with Crippen molar-refractivity contribution in [2.45, 2.75) is 13.8 Å². The summed E-state index contributed by atoms with van der Waals surface area (Å²) < 4.78 is 1.33. The summed E-state index contributed by atoms with van der Waals surface area (Å²) in [5, 5.41) is 7.32. The van der Waals surface area contributed by atoms with E-state index >= 15 is 0 Å². The third-order valence-electron chi connectivity index (χ3n) is 4.85. The lowest BCUT2D eigenvalue weighted by Crippen LogP contribution is -2.48. The van der Waals surface area contributed by atoms with E-state index in [0.717, 1.165) is 45.0 Å². The van der Waals surface area contributed by atoms with Gasteiger partial charge in [0.05, 0.1) is 11.9 Å². The molecule has 0 radical (unpaired) electrons. The van der Waals surface area contributed by atoms with Crippen molar-refractivity contribution in [3.63, 3.8) is 0 Å². The molecule has 1 aromatic carbocycles. The fourth-order valence-electron chi connectivity index (χ4n) is 3.42. The monoisotopic (exact) mass is 341 g/mol. The normalized spacial score (nSPS) is 15.4. The lowest BCUT2D eigenvalue weighted by atomic mass is 10.1. The Bertz CT molecular complexity index is 757. The predicted octanol–water partition coefficient (Wildman–Crippen LogP) is 1.63. The van der Waals surface area contributed by atoms with Gasteiger partial charge in [-0.2, -0.15) is 5.10 Å². The van der Waals surface area contributed by atoms with E-state index in [1.165, 1.54) is 21.5 Å². The number of aryl methyl sites for hydroxylation is 3. The Morgan fingerprint density at radius 2 is 1.80 bits per heavy atom. The minimum Gasteiger partial charge on any atom is -0.382 e. The number of rotatable bonds is 5. The Hall–Kier alpha value is -2.34. The van der Waals surface area contributed by atoms with Crippen LogP contribution < -0.4 is 15.8 Å². The lowest BCUT2D eigenvalue weighted by molar-refractivity contribution is 0.267. The van der Waals surface area contributed by atoms with Crippen molar-refractivity contribution >= 4 is 11.4 Å². The van der Waals surface area contributed by atoms with Gasteiger partial charge in [-0.15, -0.1) is 0 Å². The molecule has 1 aliphatic rings. The zero-order valence-electron chi connectivity index (χ0n) is 15.3. The number of nitrogens with one attached hydrogen (secondary N) is 1. The van der Waals surface area contributed by atoms with E-state index in [1.807, 2.05) is 0 Å². The molecule has 134 valence electrons. The fourth-order valence-corrected chi connectivity index (χ4v) is 3.42. The Morgan fingerprint density at radius 1 is 1.12 bits per heavy atom. The van der Waals surface area contributed by atoms with Crippen LogP contribution >= 0.6 is 0 Å². The molecule has 2 aromatic rings. The predicted molar refractivity (Wildman–Crippen MR) is 103 cm³/mol. The van der Waals surface area contributed by atoms with Gasteiger partial charge in [0.25, 0.3) is 5.56 Å². The third kappa shape index (κ3) is 4.20. The summed E-state index contributed by atoms with van der Waals surface area (Å²) in [6, 6.07) is 8.10. The summed E-state index contributed by atoms with van der Waals surface area (Å²) in [7, 11) is 1.65. The van der Waals surface area contributed by atoms with Crippen LogP contribution in [0.4, 0.5) is 11.4 Å². The standard InChI is InChI=1S/C19H27N5O/c1-15-5-4-6-16(2)19(15)24-11-9-23(10-12-24)8-7-20-17-13-18(25)22(3)21-14-17/h4-6,13-14,20H,7-12H2,1-3H3. The van der Waals surface area contributed by atoms with Crippen LogP contribution in [-0.2, 0) is 7.05 Å². The van der Waals surface area contributed by atoms with E-state index in [-0.39, 0.29) is 5.56 Å². The van der Waals surface area contributed by atoms with Crippen LogP contribution in [0.5, 0.6) is 0 Å². The van der Waals surface area contributed by atoms with Crippen LogP contribution in [0.2, 0.25) is 0 Å². The Kier molecular flexibility index (Phi) is 5.38. The molecule has 0 aliphatic carbocycles. The molecule has 3 rings (SSSR count). The van der Waals surface area contributed by atoms with Gasteiger partial charge in [-0.3, -0.25) is 9.69 Å². The molecule has 0 bridgehead atoms. The number of nitrogens with zero attached hydrogens (tertiary/aromatic N) is 4. The van der Waals surface area contributed by atoms with Crippen molar-refractivity contribution in [2.24, 2.45) is 7.05 Å². The van der Waals surface area contributed by atoms with E-state index in [0.29, 0.717) is 0 Å². The van der Waals surface area contributed by atoms with Crippen molar-refractivity contribution < 1.29 is 0 Å². The molecule has 0 unspecified atom stereocenters. The van der Waals surface area contributed by atoms with Crippen molar-refractivity contribution in [3.8, 4) is 0 Å². The van der Waals surface area contributed by atoms with Gasteiger partial charge in [-0.05, 0) is 25.0 Å². The second-order valence-electron chi connectivity index (χ2n) is 6.70. The first-order valence-corrected chi connectivity index (χ1v) is 8.85. The molecule has 6 nitrogen and oxygen atoms in total. The zero-order chi connectivity index (χ0) is 17.8. The summed E-state index contributed by atoms with van der Waals surface area (Å²) in [5.74, 6) is 0. The fraction of sp³-hybridized carbons (Fsp3) is 0.474. The number of aromatic nitrogens is 2. The van der Waals surface area contributed by atoms with Gasteiger partial charge in [0.1, 0.15) is 0 Å². The summed E-state index contributed by atoms with van der Waals surface area (Å²) >= 11 is 0. The topological polar surface area (TPSA) is 53.4 Å². The Labute approximate surface area is 149 Å². The quantitative estimate of drug-likeness (QED) is 0.896. The van der Waals surface area contributed by atoms with Gasteiger partial charge in [0.2, 0.25) is 0 Å². The molecule has 1 aliphatic heterocycles. The van der Waals surface area contributed by atoms with Crippen LogP contribution in [-0.4, -0.2) is 53.9 Å². The van der Waals surface area contributed by atoms with Crippen LogP contribution in [0.15, 0.2) is 35.3 Å². The molecule has 2 heterocycles. The largest absolute Gasteiger partial charge is 0.382 e. The number of hydrogen-bond donors (Lipinski definition) is 1. The van der Waals surface area contributed by atoms with Crippen LogP contribution in [0.25, 0.3) is 0 Å². The molecule has 0 saturated carbocycles. The molecular weight excluding hydrogens is 314 g/mol. The molecule has 0 spiro atoms. The number of para-hydroxylation sites is 1. The number of benzene rings is 1. The van der Waals surface area contributed by atoms with Gasteiger partial charge in [-0.1, -0.05) is 18.2 Å². The van der Waals surface area contributed by atoms with Gasteiger partial charge in [0, 0.05) is 58.1 Å². The van der Waals surface area contributed by atoms with Crippen LogP contribution in [0.1, 0.15) is 11.1 Å². The average Bonchev–Trinajstić information content (AvgIpc) is 2.59. The molecule has 0 amide bonds. The SMILES string of the molecule is Cc1cccc(C)c1N1CCN(CCNc2cnn(C)c(=O)c2)CC1. The summed E-state index contributed by atoms with van der Waals surface area (Å²) in [5.41, 5.74) is 4.80. The van der Waals surface area contributed by atoms with Crippen molar-refractivity contribution in [3.05, 3.63) is 51.9 Å². The minimum absolute atomic E-state index is 0.0905. The number of piperazine rings is 1. The highest BCUT2D eigenvalue weighted by molar-refractivity contribution is 5.59. The summed E-state index contributed by atoms with van der Waals surface area (Å²) in [6.07, 6.45) is 1.69. The lowest BCUT2D eigenvalue weighted by Gasteiger charge is -2.37. The number of hydrogen-bond acceptors (Lipinski definition) is 5. The maximum atomic E-state index is 11.6. The number of anilines is 2. The van der Waals surface area contributed by atoms with Crippen LogP contribution in [0, 0.1) is 13.8 Å². The van der Waals surface area contributed by atoms with Gasteiger partial charge >= 0.3 is 0 Å². The van der Waals surface area contributed by atoms with Gasteiger partial charge in [-0.25, -0.2) is 4.68 Å². The van der Waals surface area contributed by atoms with Crippen molar-refractivity contribution in [1.29, 1.82) is 0 Å². The molecule has 6 heteroatoms. The third-order valence-corrected chi connectivity index (χ3v) is 4.85. The maximum Gasteiger partial charge on any atom is 0.268 e. The first-order chi connectivity index (χ1) is 12.0. The molecule has 25 heavy (non-hydrogen) atoms. The zero-order valence-corrected chi connectivity index (χ0v) is 15.3. The molecule has 1 fully saturated rings. The molecule has 0 atom stereocenters. The molecule has 1 saturated heterocycles.